The standard InChI is InChI=1S/C20H26FN3O2/c1-4-11-23(12-5-2)19(26)14-24-18(25)13-17(6-3)22-20(24)15-7-9-16(21)10-8-15/h7-10,13H,4-6,11-12,14H2,1-3H3. The highest BCUT2D eigenvalue weighted by atomic mass is 19.1. The minimum Gasteiger partial charge on any atom is -0.341 e. The molecule has 0 saturated heterocycles. The Morgan fingerprint density at radius 3 is 2.27 bits per heavy atom. The molecule has 0 spiro atoms. The van der Waals surface area contributed by atoms with Gasteiger partial charge >= 0.3 is 0 Å². The van der Waals surface area contributed by atoms with Crippen molar-refractivity contribution in [1.29, 1.82) is 0 Å². The number of aromatic nitrogens is 2. The van der Waals surface area contributed by atoms with Crippen LogP contribution in [0.5, 0.6) is 0 Å². The molecule has 0 saturated carbocycles. The van der Waals surface area contributed by atoms with E-state index in [1.807, 2.05) is 20.8 Å². The highest BCUT2D eigenvalue weighted by Crippen LogP contribution is 2.17. The lowest BCUT2D eigenvalue weighted by Gasteiger charge is -2.23. The first-order valence-corrected chi connectivity index (χ1v) is 9.14. The predicted molar refractivity (Wildman–Crippen MR) is 100 cm³/mol. The van der Waals surface area contributed by atoms with E-state index in [4.69, 9.17) is 0 Å². The van der Waals surface area contributed by atoms with Crippen LogP contribution in [-0.2, 0) is 17.8 Å². The minimum atomic E-state index is -0.359. The fourth-order valence-corrected chi connectivity index (χ4v) is 2.84. The second-order valence-electron chi connectivity index (χ2n) is 6.24. The van der Waals surface area contributed by atoms with Crippen molar-refractivity contribution in [2.75, 3.05) is 13.1 Å². The fourth-order valence-electron chi connectivity index (χ4n) is 2.84. The molecule has 0 aliphatic carbocycles. The Bertz CT molecular complexity index is 794. The topological polar surface area (TPSA) is 55.2 Å². The van der Waals surface area contributed by atoms with Crippen LogP contribution in [0, 0.1) is 5.82 Å². The lowest BCUT2D eigenvalue weighted by molar-refractivity contribution is -0.132. The summed E-state index contributed by atoms with van der Waals surface area (Å²) < 4.78 is 14.6. The first kappa shape index (κ1) is 19.8. The third kappa shape index (κ3) is 4.77. The highest BCUT2D eigenvalue weighted by molar-refractivity contribution is 5.76. The Balaban J connectivity index is 2.45. The lowest BCUT2D eigenvalue weighted by atomic mass is 10.2. The second kappa shape index (κ2) is 9.27. The van der Waals surface area contributed by atoms with Gasteiger partial charge in [-0.1, -0.05) is 20.8 Å². The number of amides is 1. The van der Waals surface area contributed by atoms with Gasteiger partial charge in [-0.15, -0.1) is 0 Å². The lowest BCUT2D eigenvalue weighted by Crippen LogP contribution is -2.38. The molecule has 0 aliphatic rings. The van der Waals surface area contributed by atoms with Crippen molar-refractivity contribution < 1.29 is 9.18 Å². The predicted octanol–water partition coefficient (Wildman–Crippen LogP) is 3.26. The van der Waals surface area contributed by atoms with Gasteiger partial charge in [-0.3, -0.25) is 14.2 Å². The summed E-state index contributed by atoms with van der Waals surface area (Å²) in [5, 5.41) is 0. The van der Waals surface area contributed by atoms with Crippen molar-refractivity contribution >= 4 is 5.91 Å². The van der Waals surface area contributed by atoms with Crippen molar-refractivity contribution in [3.63, 3.8) is 0 Å². The van der Waals surface area contributed by atoms with Gasteiger partial charge in [-0.25, -0.2) is 9.37 Å². The molecule has 2 aromatic rings. The zero-order valence-corrected chi connectivity index (χ0v) is 15.7. The van der Waals surface area contributed by atoms with Crippen molar-refractivity contribution in [2.45, 2.75) is 46.6 Å². The van der Waals surface area contributed by atoms with E-state index in [0.29, 0.717) is 36.6 Å². The van der Waals surface area contributed by atoms with Gasteiger partial charge in [0.15, 0.2) is 0 Å². The van der Waals surface area contributed by atoms with Crippen molar-refractivity contribution in [1.82, 2.24) is 14.5 Å². The van der Waals surface area contributed by atoms with Gasteiger partial charge in [0.1, 0.15) is 18.2 Å². The van der Waals surface area contributed by atoms with E-state index in [1.54, 1.807) is 17.0 Å². The molecule has 0 fully saturated rings. The molecular weight excluding hydrogens is 333 g/mol. The molecule has 0 radical (unpaired) electrons. The molecule has 1 heterocycles. The maximum Gasteiger partial charge on any atom is 0.254 e. The molecule has 1 aromatic carbocycles. The Hall–Kier alpha value is -2.50. The minimum absolute atomic E-state index is 0.0669. The van der Waals surface area contributed by atoms with Crippen molar-refractivity contribution in [2.24, 2.45) is 0 Å². The molecule has 0 unspecified atom stereocenters. The van der Waals surface area contributed by atoms with Crippen molar-refractivity contribution in [3.05, 3.63) is 52.2 Å². The van der Waals surface area contributed by atoms with Gasteiger partial charge in [-0.05, 0) is 43.5 Å². The van der Waals surface area contributed by atoms with Gasteiger partial charge in [0.2, 0.25) is 5.91 Å². The van der Waals surface area contributed by atoms with Crippen LogP contribution in [-0.4, -0.2) is 33.4 Å². The summed E-state index contributed by atoms with van der Waals surface area (Å²) in [6, 6.07) is 7.27. The number of carbonyl (C=O) groups is 1. The Kier molecular flexibility index (Phi) is 7.06. The number of nitrogens with zero attached hydrogens (tertiary/aromatic N) is 3. The number of hydrogen-bond acceptors (Lipinski definition) is 3. The third-order valence-corrected chi connectivity index (χ3v) is 4.16. The van der Waals surface area contributed by atoms with Crippen LogP contribution in [0.3, 0.4) is 0 Å². The highest BCUT2D eigenvalue weighted by Gasteiger charge is 2.17. The molecule has 6 heteroatoms. The molecule has 1 aromatic heterocycles. The van der Waals surface area contributed by atoms with Crippen LogP contribution in [0.25, 0.3) is 11.4 Å². The number of hydrogen-bond donors (Lipinski definition) is 0. The number of aryl methyl sites for hydroxylation is 1. The molecule has 140 valence electrons. The van der Waals surface area contributed by atoms with E-state index in [-0.39, 0.29) is 23.8 Å². The smallest absolute Gasteiger partial charge is 0.254 e. The molecular formula is C20H26FN3O2. The Morgan fingerprint density at radius 2 is 1.73 bits per heavy atom. The van der Waals surface area contributed by atoms with Gasteiger partial charge in [-0.2, -0.15) is 0 Å². The molecule has 1 amide bonds. The summed E-state index contributed by atoms with van der Waals surface area (Å²) in [7, 11) is 0. The van der Waals surface area contributed by atoms with Gasteiger partial charge < -0.3 is 4.90 Å². The summed E-state index contributed by atoms with van der Waals surface area (Å²) in [4.78, 5) is 31.6. The number of rotatable bonds is 8. The summed E-state index contributed by atoms with van der Waals surface area (Å²) in [5.41, 5.74) is 0.999. The van der Waals surface area contributed by atoms with Crippen molar-refractivity contribution in [3.8, 4) is 11.4 Å². The molecule has 0 N–H and O–H groups in total. The van der Waals surface area contributed by atoms with Gasteiger partial charge in [0.05, 0.1) is 0 Å². The Morgan fingerprint density at radius 1 is 1.12 bits per heavy atom. The first-order valence-electron chi connectivity index (χ1n) is 9.14. The van der Waals surface area contributed by atoms with Gasteiger partial charge in [0.25, 0.3) is 5.56 Å². The summed E-state index contributed by atoms with van der Waals surface area (Å²) in [6.45, 7) is 7.20. The van der Waals surface area contributed by atoms with E-state index < -0.39 is 0 Å². The third-order valence-electron chi connectivity index (χ3n) is 4.16. The largest absolute Gasteiger partial charge is 0.341 e. The van der Waals surface area contributed by atoms with Crippen LogP contribution >= 0.6 is 0 Å². The second-order valence-corrected chi connectivity index (χ2v) is 6.24. The van der Waals surface area contributed by atoms with Crippen LogP contribution < -0.4 is 5.56 Å². The van der Waals surface area contributed by atoms with E-state index >= 15 is 0 Å². The number of benzene rings is 1. The summed E-state index contributed by atoms with van der Waals surface area (Å²) in [5.74, 6) is -0.0664. The van der Waals surface area contributed by atoms with E-state index in [0.717, 1.165) is 12.8 Å². The summed E-state index contributed by atoms with van der Waals surface area (Å²) >= 11 is 0. The van der Waals surface area contributed by atoms with Crippen LogP contribution in [0.4, 0.5) is 4.39 Å². The SMILES string of the molecule is CCCN(CCC)C(=O)Cn1c(-c2ccc(F)cc2)nc(CC)cc1=O. The molecule has 0 bridgehead atoms. The Labute approximate surface area is 153 Å². The molecule has 2 rings (SSSR count). The maximum absolute atomic E-state index is 13.3. The number of carbonyl (C=O) groups excluding carboxylic acids is 1. The van der Waals surface area contributed by atoms with Crippen LogP contribution in [0.1, 0.15) is 39.3 Å². The molecule has 26 heavy (non-hydrogen) atoms. The van der Waals surface area contributed by atoms with E-state index in [1.165, 1.54) is 22.8 Å². The molecule has 0 atom stereocenters. The molecule has 0 aliphatic heterocycles. The van der Waals surface area contributed by atoms with E-state index in [9.17, 15) is 14.0 Å². The average Bonchev–Trinajstić information content (AvgIpc) is 2.63. The average molecular weight is 359 g/mol. The monoisotopic (exact) mass is 359 g/mol. The first-order chi connectivity index (χ1) is 12.5. The quantitative estimate of drug-likeness (QED) is 0.727. The van der Waals surface area contributed by atoms with Crippen LogP contribution in [0.15, 0.2) is 35.1 Å². The number of halogens is 1. The zero-order valence-electron chi connectivity index (χ0n) is 15.7. The maximum atomic E-state index is 13.3. The zero-order chi connectivity index (χ0) is 19.1. The van der Waals surface area contributed by atoms with E-state index in [2.05, 4.69) is 4.98 Å². The van der Waals surface area contributed by atoms with Crippen LogP contribution in [0.2, 0.25) is 0 Å². The fraction of sp³-hybridized carbons (Fsp3) is 0.450. The summed E-state index contributed by atoms with van der Waals surface area (Å²) in [6.07, 6.45) is 2.33. The molecule has 5 nitrogen and oxygen atoms in total. The normalized spacial score (nSPS) is 10.8. The van der Waals surface area contributed by atoms with Gasteiger partial charge in [0, 0.05) is 30.4 Å².